The van der Waals surface area contributed by atoms with Crippen molar-refractivity contribution in [3.05, 3.63) is 48.2 Å². The number of hydrogen-bond acceptors (Lipinski definition) is 4. The van der Waals surface area contributed by atoms with E-state index >= 15 is 0 Å². The highest BCUT2D eigenvalue weighted by Crippen LogP contribution is 2.25. The van der Waals surface area contributed by atoms with Crippen LogP contribution in [0, 0.1) is 5.92 Å². The molecule has 0 saturated carbocycles. The van der Waals surface area contributed by atoms with Gasteiger partial charge in [-0.15, -0.1) is 0 Å². The number of carbonyl (C=O) groups is 1. The maximum Gasteiger partial charge on any atom is 0.252 e. The second-order valence-electron chi connectivity index (χ2n) is 8.28. The molecule has 0 spiro atoms. The zero-order chi connectivity index (χ0) is 20.9. The first-order valence-electron chi connectivity index (χ1n) is 11.1. The largest absolute Gasteiger partial charge is 0.352 e. The van der Waals surface area contributed by atoms with Gasteiger partial charge in [-0.1, -0.05) is 37.3 Å². The number of nitrogens with one attached hydrogen (secondary N) is 1. The van der Waals surface area contributed by atoms with E-state index in [1.807, 2.05) is 48.0 Å². The van der Waals surface area contributed by atoms with Gasteiger partial charge in [0.05, 0.1) is 22.8 Å². The molecule has 3 heterocycles. The van der Waals surface area contributed by atoms with Gasteiger partial charge >= 0.3 is 0 Å². The van der Waals surface area contributed by atoms with Crippen LogP contribution in [0.5, 0.6) is 0 Å². The van der Waals surface area contributed by atoms with Gasteiger partial charge in [-0.25, -0.2) is 9.67 Å². The third-order valence-corrected chi connectivity index (χ3v) is 5.90. The average Bonchev–Trinajstić information content (AvgIpc) is 3.19. The van der Waals surface area contributed by atoms with Crippen molar-refractivity contribution >= 4 is 16.9 Å². The molecule has 1 atom stereocenters. The fourth-order valence-corrected chi connectivity index (χ4v) is 4.31. The number of aromatic nitrogens is 3. The number of piperidine rings is 1. The van der Waals surface area contributed by atoms with Crippen LogP contribution >= 0.6 is 0 Å². The number of benzene rings is 1. The van der Waals surface area contributed by atoms with Gasteiger partial charge < -0.3 is 10.2 Å². The zero-order valence-corrected chi connectivity index (χ0v) is 18.0. The Morgan fingerprint density at radius 1 is 1.27 bits per heavy atom. The Balaban J connectivity index is 1.49. The molecule has 1 aliphatic rings. The van der Waals surface area contributed by atoms with Gasteiger partial charge in [0.1, 0.15) is 0 Å². The number of fused-ring (bicyclic) bond motifs is 1. The molecule has 6 nitrogen and oxygen atoms in total. The van der Waals surface area contributed by atoms with Crippen molar-refractivity contribution < 1.29 is 4.79 Å². The number of aryl methyl sites for hydroxylation is 1. The van der Waals surface area contributed by atoms with Crippen LogP contribution in [0.25, 0.3) is 22.3 Å². The van der Waals surface area contributed by atoms with Crippen LogP contribution in [0.2, 0.25) is 0 Å². The molecule has 1 amide bonds. The minimum absolute atomic E-state index is 0.0535. The van der Waals surface area contributed by atoms with Crippen LogP contribution < -0.4 is 5.32 Å². The highest BCUT2D eigenvalue weighted by Gasteiger charge is 2.18. The summed E-state index contributed by atoms with van der Waals surface area (Å²) in [5.74, 6) is 0.729. The second kappa shape index (κ2) is 9.39. The average molecular weight is 406 g/mol. The first-order valence-corrected chi connectivity index (χ1v) is 11.1. The molecule has 1 N–H and O–H groups in total. The van der Waals surface area contributed by atoms with Gasteiger partial charge in [-0.3, -0.25) is 4.79 Å². The highest BCUT2D eigenvalue weighted by atomic mass is 16.1. The molecule has 1 saturated heterocycles. The summed E-state index contributed by atoms with van der Waals surface area (Å²) in [5, 5.41) is 8.35. The summed E-state index contributed by atoms with van der Waals surface area (Å²) >= 11 is 0. The van der Waals surface area contributed by atoms with Crippen molar-refractivity contribution in [2.45, 2.75) is 39.7 Å². The summed E-state index contributed by atoms with van der Waals surface area (Å²) in [4.78, 5) is 20.4. The van der Waals surface area contributed by atoms with E-state index in [-0.39, 0.29) is 5.91 Å². The molecule has 1 aliphatic heterocycles. The fourth-order valence-electron chi connectivity index (χ4n) is 4.31. The van der Waals surface area contributed by atoms with Gasteiger partial charge in [0.15, 0.2) is 5.65 Å². The smallest absolute Gasteiger partial charge is 0.252 e. The van der Waals surface area contributed by atoms with E-state index in [0.29, 0.717) is 18.7 Å². The minimum Gasteiger partial charge on any atom is -0.352 e. The Labute approximate surface area is 178 Å². The van der Waals surface area contributed by atoms with Crippen molar-refractivity contribution in [3.8, 4) is 11.3 Å². The van der Waals surface area contributed by atoms with E-state index in [1.54, 1.807) is 6.20 Å². The van der Waals surface area contributed by atoms with Crippen LogP contribution in [0.15, 0.2) is 42.6 Å². The molecular formula is C24H31N5O. The topological polar surface area (TPSA) is 63.1 Å². The summed E-state index contributed by atoms with van der Waals surface area (Å²) in [5.41, 5.74) is 3.19. The van der Waals surface area contributed by atoms with Crippen molar-refractivity contribution in [2.75, 3.05) is 26.2 Å². The molecule has 1 aromatic carbocycles. The molecule has 0 radical (unpaired) electrons. The Kier molecular flexibility index (Phi) is 6.43. The summed E-state index contributed by atoms with van der Waals surface area (Å²) in [6.45, 7) is 9.14. The SMILES string of the molecule is CCn1ncc2c(C(=O)NCCCN3CCCC(C)C3)cc(-c3ccccc3)nc21. The van der Waals surface area contributed by atoms with E-state index < -0.39 is 0 Å². The summed E-state index contributed by atoms with van der Waals surface area (Å²) < 4.78 is 1.84. The van der Waals surface area contributed by atoms with Crippen molar-refractivity contribution in [3.63, 3.8) is 0 Å². The summed E-state index contributed by atoms with van der Waals surface area (Å²) in [7, 11) is 0. The van der Waals surface area contributed by atoms with Crippen molar-refractivity contribution in [1.29, 1.82) is 0 Å². The molecule has 158 valence electrons. The van der Waals surface area contributed by atoms with Gasteiger partial charge in [0, 0.05) is 25.2 Å². The lowest BCUT2D eigenvalue weighted by Gasteiger charge is -2.30. The molecular weight excluding hydrogens is 374 g/mol. The van der Waals surface area contributed by atoms with E-state index in [1.165, 1.54) is 25.9 Å². The van der Waals surface area contributed by atoms with Crippen LogP contribution in [0.1, 0.15) is 43.5 Å². The molecule has 1 fully saturated rings. The first kappa shape index (κ1) is 20.5. The number of likely N-dealkylation sites (tertiary alicyclic amines) is 1. The second-order valence-corrected chi connectivity index (χ2v) is 8.28. The molecule has 6 heteroatoms. The minimum atomic E-state index is -0.0535. The Hall–Kier alpha value is -2.73. The monoisotopic (exact) mass is 405 g/mol. The van der Waals surface area contributed by atoms with Gasteiger partial charge in [-0.2, -0.15) is 5.10 Å². The molecule has 0 bridgehead atoms. The van der Waals surface area contributed by atoms with Crippen LogP contribution in [-0.2, 0) is 6.54 Å². The third kappa shape index (κ3) is 4.54. The van der Waals surface area contributed by atoms with Gasteiger partial charge in [-0.05, 0) is 51.3 Å². The van der Waals surface area contributed by atoms with E-state index in [4.69, 9.17) is 4.98 Å². The molecule has 0 aliphatic carbocycles. The Bertz CT molecular complexity index is 998. The normalized spacial score (nSPS) is 17.3. The van der Waals surface area contributed by atoms with E-state index in [2.05, 4.69) is 22.2 Å². The Morgan fingerprint density at radius 2 is 2.10 bits per heavy atom. The predicted octanol–water partition coefficient (Wildman–Crippen LogP) is 3.97. The molecule has 30 heavy (non-hydrogen) atoms. The molecule has 1 unspecified atom stereocenters. The predicted molar refractivity (Wildman–Crippen MR) is 120 cm³/mol. The quantitative estimate of drug-likeness (QED) is 0.604. The number of amides is 1. The van der Waals surface area contributed by atoms with Crippen LogP contribution in [-0.4, -0.2) is 51.8 Å². The first-order chi connectivity index (χ1) is 14.7. The summed E-state index contributed by atoms with van der Waals surface area (Å²) in [6, 6.07) is 11.9. The standard InChI is InChI=1S/C24H31N5O/c1-3-29-23-21(16-26-29)20(15-22(27-23)19-10-5-4-6-11-19)24(30)25-12-8-14-28-13-7-9-18(2)17-28/h4-6,10-11,15-16,18H,3,7-9,12-14,17H2,1-2H3,(H,25,30). The number of carbonyl (C=O) groups excluding carboxylic acids is 1. The lowest BCUT2D eigenvalue weighted by Crippen LogP contribution is -2.36. The highest BCUT2D eigenvalue weighted by molar-refractivity contribution is 6.06. The maximum atomic E-state index is 13.1. The van der Waals surface area contributed by atoms with E-state index in [0.717, 1.165) is 41.2 Å². The number of pyridine rings is 1. The van der Waals surface area contributed by atoms with Gasteiger partial charge in [0.25, 0.3) is 5.91 Å². The number of hydrogen-bond donors (Lipinski definition) is 1. The maximum absolute atomic E-state index is 13.1. The number of nitrogens with zero attached hydrogens (tertiary/aromatic N) is 4. The lowest BCUT2D eigenvalue weighted by atomic mass is 10.0. The van der Waals surface area contributed by atoms with Crippen molar-refractivity contribution in [2.24, 2.45) is 5.92 Å². The Morgan fingerprint density at radius 3 is 2.87 bits per heavy atom. The van der Waals surface area contributed by atoms with Crippen LogP contribution in [0.4, 0.5) is 0 Å². The molecule has 3 aromatic rings. The van der Waals surface area contributed by atoms with Crippen LogP contribution in [0.3, 0.4) is 0 Å². The van der Waals surface area contributed by atoms with Gasteiger partial charge in [0.2, 0.25) is 0 Å². The van der Waals surface area contributed by atoms with E-state index in [9.17, 15) is 4.79 Å². The fraction of sp³-hybridized carbons (Fsp3) is 0.458. The third-order valence-electron chi connectivity index (χ3n) is 5.90. The lowest BCUT2D eigenvalue weighted by molar-refractivity contribution is 0.0951. The van der Waals surface area contributed by atoms with Crippen molar-refractivity contribution in [1.82, 2.24) is 25.0 Å². The number of rotatable bonds is 7. The zero-order valence-electron chi connectivity index (χ0n) is 18.0. The molecule has 4 rings (SSSR count). The summed E-state index contributed by atoms with van der Waals surface area (Å²) in [6.07, 6.45) is 5.34. The molecule has 2 aromatic heterocycles.